The summed E-state index contributed by atoms with van der Waals surface area (Å²) >= 11 is 1.66. The predicted molar refractivity (Wildman–Crippen MR) is 82.3 cm³/mol. The number of benzene rings is 1. The number of nitrogens with one attached hydrogen (secondary N) is 1. The van der Waals surface area contributed by atoms with Crippen LogP contribution in [0.25, 0.3) is 0 Å². The van der Waals surface area contributed by atoms with Crippen LogP contribution in [-0.2, 0) is 4.79 Å². The largest absolute Gasteiger partial charge is 0.497 e. The Morgan fingerprint density at radius 3 is 2.65 bits per heavy atom. The summed E-state index contributed by atoms with van der Waals surface area (Å²) in [6, 6.07) is 8.90. The molecule has 1 atom stereocenters. The Morgan fingerprint density at radius 1 is 1.35 bits per heavy atom. The Morgan fingerprint density at radius 2 is 2.10 bits per heavy atom. The van der Waals surface area contributed by atoms with Gasteiger partial charge in [0.2, 0.25) is 5.91 Å². The number of aryl methyl sites for hydroxylation is 2. The molecular weight excluding hydrogens is 272 g/mol. The number of thiophene rings is 1. The van der Waals surface area contributed by atoms with E-state index in [4.69, 9.17) is 10.5 Å². The SMILES string of the molecule is COc1cccc(NC(C(N)=O)c2cc(C)sc2C)c1. The van der Waals surface area contributed by atoms with E-state index in [1.165, 1.54) is 0 Å². The number of primary amides is 1. The van der Waals surface area contributed by atoms with Crippen molar-refractivity contribution in [2.75, 3.05) is 12.4 Å². The number of anilines is 1. The molecular formula is C15H18N2O2S. The van der Waals surface area contributed by atoms with Gasteiger partial charge in [0.25, 0.3) is 0 Å². The Kier molecular flexibility index (Phi) is 4.29. The lowest BCUT2D eigenvalue weighted by molar-refractivity contribution is -0.118. The number of hydrogen-bond acceptors (Lipinski definition) is 4. The molecule has 4 nitrogen and oxygen atoms in total. The maximum absolute atomic E-state index is 11.8. The standard InChI is InChI=1S/C15H18N2O2S/c1-9-7-13(10(2)20-9)14(15(16)18)17-11-5-4-6-12(8-11)19-3/h4-8,14,17H,1-3H3,(H2,16,18). The number of nitrogens with two attached hydrogens (primary N) is 1. The summed E-state index contributed by atoms with van der Waals surface area (Å²) in [5, 5.41) is 3.18. The third-order valence-corrected chi connectivity index (χ3v) is 4.04. The first-order valence-electron chi connectivity index (χ1n) is 6.28. The minimum atomic E-state index is -0.535. The van der Waals surface area contributed by atoms with Crippen LogP contribution < -0.4 is 15.8 Å². The number of hydrogen-bond donors (Lipinski definition) is 2. The van der Waals surface area contributed by atoms with E-state index in [1.54, 1.807) is 18.4 Å². The predicted octanol–water partition coefficient (Wildman–Crippen LogP) is 3.01. The van der Waals surface area contributed by atoms with Gasteiger partial charge in [-0.15, -0.1) is 11.3 Å². The lowest BCUT2D eigenvalue weighted by atomic mass is 10.1. The van der Waals surface area contributed by atoms with Crippen molar-refractivity contribution in [3.05, 3.63) is 45.6 Å². The van der Waals surface area contributed by atoms with E-state index in [0.717, 1.165) is 26.8 Å². The normalized spacial score (nSPS) is 11.9. The molecule has 5 heteroatoms. The van der Waals surface area contributed by atoms with E-state index in [2.05, 4.69) is 5.32 Å². The average molecular weight is 290 g/mol. The molecule has 20 heavy (non-hydrogen) atoms. The third-order valence-electron chi connectivity index (χ3n) is 3.06. The zero-order valence-electron chi connectivity index (χ0n) is 11.8. The summed E-state index contributed by atoms with van der Waals surface area (Å²) in [7, 11) is 1.61. The van der Waals surface area contributed by atoms with Crippen LogP contribution in [0, 0.1) is 13.8 Å². The fraction of sp³-hybridized carbons (Fsp3) is 0.267. The summed E-state index contributed by atoms with van der Waals surface area (Å²) in [5.41, 5.74) is 7.27. The molecule has 0 saturated heterocycles. The van der Waals surface area contributed by atoms with Crippen LogP contribution in [-0.4, -0.2) is 13.0 Å². The quantitative estimate of drug-likeness (QED) is 0.889. The molecule has 1 unspecified atom stereocenters. The van der Waals surface area contributed by atoms with Gasteiger partial charge in [-0.2, -0.15) is 0 Å². The van der Waals surface area contributed by atoms with Gasteiger partial charge in [0.15, 0.2) is 0 Å². The number of rotatable bonds is 5. The first kappa shape index (κ1) is 14.4. The molecule has 2 aromatic rings. The van der Waals surface area contributed by atoms with Crippen LogP contribution >= 0.6 is 11.3 Å². The van der Waals surface area contributed by atoms with E-state index < -0.39 is 11.9 Å². The van der Waals surface area contributed by atoms with Crippen molar-refractivity contribution < 1.29 is 9.53 Å². The second-order valence-electron chi connectivity index (χ2n) is 4.58. The van der Waals surface area contributed by atoms with Crippen molar-refractivity contribution in [2.45, 2.75) is 19.9 Å². The van der Waals surface area contributed by atoms with E-state index in [1.807, 2.05) is 44.2 Å². The molecule has 106 valence electrons. The van der Waals surface area contributed by atoms with E-state index in [-0.39, 0.29) is 0 Å². The molecule has 2 rings (SSSR count). The highest BCUT2D eigenvalue weighted by Gasteiger charge is 2.21. The number of carbonyl (C=O) groups is 1. The molecule has 0 spiro atoms. The molecule has 0 aliphatic rings. The molecule has 0 radical (unpaired) electrons. The number of amides is 1. The molecule has 0 aliphatic carbocycles. The first-order valence-corrected chi connectivity index (χ1v) is 7.09. The van der Waals surface area contributed by atoms with E-state index in [9.17, 15) is 4.79 Å². The fourth-order valence-corrected chi connectivity index (χ4v) is 3.08. The van der Waals surface area contributed by atoms with Gasteiger partial charge >= 0.3 is 0 Å². The van der Waals surface area contributed by atoms with Crippen LogP contribution in [0.15, 0.2) is 30.3 Å². The van der Waals surface area contributed by atoms with Crippen molar-refractivity contribution >= 4 is 22.9 Å². The summed E-state index contributed by atoms with van der Waals surface area (Å²) in [6.07, 6.45) is 0. The van der Waals surface area contributed by atoms with Gasteiger partial charge in [0.05, 0.1) is 7.11 Å². The van der Waals surface area contributed by atoms with Gasteiger partial charge in [-0.05, 0) is 37.6 Å². The highest BCUT2D eigenvalue weighted by atomic mass is 32.1. The zero-order chi connectivity index (χ0) is 14.7. The van der Waals surface area contributed by atoms with Crippen molar-refractivity contribution in [3.63, 3.8) is 0 Å². The number of methoxy groups -OCH3 is 1. The fourth-order valence-electron chi connectivity index (χ4n) is 2.12. The van der Waals surface area contributed by atoms with Crippen molar-refractivity contribution in [1.82, 2.24) is 0 Å². The molecule has 0 bridgehead atoms. The topological polar surface area (TPSA) is 64.3 Å². The molecule has 1 amide bonds. The van der Waals surface area contributed by atoms with Crippen molar-refractivity contribution in [1.29, 1.82) is 0 Å². The van der Waals surface area contributed by atoms with Crippen LogP contribution in [0.4, 0.5) is 5.69 Å². The minimum Gasteiger partial charge on any atom is -0.497 e. The smallest absolute Gasteiger partial charge is 0.244 e. The maximum atomic E-state index is 11.8. The van der Waals surface area contributed by atoms with Gasteiger partial charge in [0.1, 0.15) is 11.8 Å². The monoisotopic (exact) mass is 290 g/mol. The van der Waals surface area contributed by atoms with Crippen molar-refractivity contribution in [3.8, 4) is 5.75 Å². The molecule has 0 fully saturated rings. The molecule has 3 N–H and O–H groups in total. The average Bonchev–Trinajstić information content (AvgIpc) is 2.74. The molecule has 1 aromatic carbocycles. The van der Waals surface area contributed by atoms with Gasteiger partial charge in [-0.1, -0.05) is 6.07 Å². The Balaban J connectivity index is 2.30. The third kappa shape index (κ3) is 3.11. The Labute approximate surface area is 122 Å². The Bertz CT molecular complexity index is 622. The molecule has 0 aliphatic heterocycles. The highest BCUT2D eigenvalue weighted by Crippen LogP contribution is 2.29. The number of ether oxygens (including phenoxy) is 1. The maximum Gasteiger partial charge on any atom is 0.244 e. The van der Waals surface area contributed by atoms with Gasteiger partial charge in [-0.25, -0.2) is 0 Å². The molecule has 1 heterocycles. The summed E-state index contributed by atoms with van der Waals surface area (Å²) in [4.78, 5) is 14.0. The second kappa shape index (κ2) is 5.96. The van der Waals surface area contributed by atoms with E-state index in [0.29, 0.717) is 0 Å². The van der Waals surface area contributed by atoms with Crippen LogP contribution in [0.2, 0.25) is 0 Å². The number of carbonyl (C=O) groups excluding carboxylic acids is 1. The summed E-state index contributed by atoms with van der Waals surface area (Å²) in [6.45, 7) is 4.01. The lowest BCUT2D eigenvalue weighted by Gasteiger charge is -2.17. The summed E-state index contributed by atoms with van der Waals surface area (Å²) < 4.78 is 5.18. The molecule has 0 saturated carbocycles. The lowest BCUT2D eigenvalue weighted by Crippen LogP contribution is -2.27. The first-order chi connectivity index (χ1) is 9.51. The highest BCUT2D eigenvalue weighted by molar-refractivity contribution is 7.12. The van der Waals surface area contributed by atoms with Crippen LogP contribution in [0.1, 0.15) is 21.4 Å². The van der Waals surface area contributed by atoms with Crippen LogP contribution in [0.5, 0.6) is 5.75 Å². The van der Waals surface area contributed by atoms with Crippen LogP contribution in [0.3, 0.4) is 0 Å². The second-order valence-corrected chi connectivity index (χ2v) is 6.04. The Hall–Kier alpha value is -2.01. The minimum absolute atomic E-state index is 0.395. The van der Waals surface area contributed by atoms with Gasteiger partial charge in [0, 0.05) is 21.5 Å². The van der Waals surface area contributed by atoms with E-state index >= 15 is 0 Å². The van der Waals surface area contributed by atoms with Gasteiger partial charge in [-0.3, -0.25) is 4.79 Å². The van der Waals surface area contributed by atoms with Crippen molar-refractivity contribution in [2.24, 2.45) is 5.73 Å². The summed E-state index contributed by atoms with van der Waals surface area (Å²) in [5.74, 6) is 0.338. The molecule has 1 aromatic heterocycles. The van der Waals surface area contributed by atoms with Gasteiger partial charge < -0.3 is 15.8 Å². The zero-order valence-corrected chi connectivity index (χ0v) is 12.6.